The van der Waals surface area contributed by atoms with E-state index < -0.39 is 6.10 Å². The van der Waals surface area contributed by atoms with Crippen molar-refractivity contribution in [1.82, 2.24) is 0 Å². The number of para-hydroxylation sites is 1. The number of benzene rings is 3. The first kappa shape index (κ1) is 19.0. The number of hydrogen-bond acceptors (Lipinski definition) is 5. The van der Waals surface area contributed by atoms with Crippen LogP contribution in [0, 0.1) is 0 Å². The van der Waals surface area contributed by atoms with Gasteiger partial charge in [-0.2, -0.15) is 0 Å². The first-order chi connectivity index (χ1) is 13.3. The van der Waals surface area contributed by atoms with Crippen molar-refractivity contribution >= 4 is 10.8 Å². The molecule has 27 heavy (non-hydrogen) atoms. The van der Waals surface area contributed by atoms with E-state index >= 15 is 0 Å². The van der Waals surface area contributed by atoms with Crippen LogP contribution in [0.15, 0.2) is 66.7 Å². The van der Waals surface area contributed by atoms with Crippen LogP contribution in [0.25, 0.3) is 10.8 Å². The molecular formula is C22H24O5. The fourth-order valence-corrected chi connectivity index (χ4v) is 2.75. The highest BCUT2D eigenvalue weighted by Gasteiger charge is 2.10. The fraction of sp³-hybridized carbons (Fsp3) is 0.273. The van der Waals surface area contributed by atoms with Crippen molar-refractivity contribution in [2.24, 2.45) is 0 Å². The average molecular weight is 368 g/mol. The third-order valence-corrected chi connectivity index (χ3v) is 3.99. The second-order valence-electron chi connectivity index (χ2n) is 6.04. The molecule has 0 spiro atoms. The zero-order chi connectivity index (χ0) is 18.9. The van der Waals surface area contributed by atoms with Crippen LogP contribution in [0.1, 0.15) is 0 Å². The number of aliphatic hydroxyl groups is 1. The highest BCUT2D eigenvalue weighted by atomic mass is 16.5. The van der Waals surface area contributed by atoms with Crippen LogP contribution in [0.5, 0.6) is 17.2 Å². The van der Waals surface area contributed by atoms with Crippen LogP contribution in [0.4, 0.5) is 0 Å². The van der Waals surface area contributed by atoms with Crippen molar-refractivity contribution in [2.45, 2.75) is 6.10 Å². The summed E-state index contributed by atoms with van der Waals surface area (Å²) in [5.41, 5.74) is 0. The first-order valence-electron chi connectivity index (χ1n) is 8.90. The van der Waals surface area contributed by atoms with Gasteiger partial charge < -0.3 is 24.1 Å². The lowest BCUT2D eigenvalue weighted by molar-refractivity contribution is 0.0329. The van der Waals surface area contributed by atoms with Gasteiger partial charge in [-0.05, 0) is 24.3 Å². The Kier molecular flexibility index (Phi) is 6.90. The minimum absolute atomic E-state index is 0.170. The third-order valence-electron chi connectivity index (χ3n) is 3.99. The Morgan fingerprint density at radius 2 is 1.30 bits per heavy atom. The summed E-state index contributed by atoms with van der Waals surface area (Å²) in [4.78, 5) is 0. The molecule has 1 atom stereocenters. The quantitative estimate of drug-likeness (QED) is 0.553. The molecule has 0 saturated heterocycles. The van der Waals surface area contributed by atoms with Gasteiger partial charge in [0, 0.05) is 17.9 Å². The molecule has 0 aliphatic rings. The number of hydrogen-bond donors (Lipinski definition) is 1. The van der Waals surface area contributed by atoms with Gasteiger partial charge in [-0.3, -0.25) is 0 Å². The Morgan fingerprint density at radius 3 is 1.96 bits per heavy atom. The van der Waals surface area contributed by atoms with Gasteiger partial charge >= 0.3 is 0 Å². The van der Waals surface area contributed by atoms with E-state index in [0.29, 0.717) is 19.0 Å². The molecule has 142 valence electrons. The molecule has 0 aromatic heterocycles. The van der Waals surface area contributed by atoms with E-state index in [1.54, 1.807) is 7.11 Å². The van der Waals surface area contributed by atoms with E-state index in [1.807, 2.05) is 66.7 Å². The Bertz CT molecular complexity index is 834. The van der Waals surface area contributed by atoms with E-state index in [-0.39, 0.29) is 13.2 Å². The van der Waals surface area contributed by atoms with Crippen LogP contribution in [-0.4, -0.2) is 44.7 Å². The summed E-state index contributed by atoms with van der Waals surface area (Å²) in [6, 6.07) is 21.3. The smallest absolute Gasteiger partial charge is 0.127 e. The summed E-state index contributed by atoms with van der Waals surface area (Å²) in [7, 11) is 1.55. The summed E-state index contributed by atoms with van der Waals surface area (Å²) in [6.07, 6.45) is -0.667. The predicted octanol–water partition coefficient (Wildman–Crippen LogP) is 3.68. The Hall–Kier alpha value is -2.76. The maximum atomic E-state index is 9.79. The van der Waals surface area contributed by atoms with Crippen molar-refractivity contribution in [3.8, 4) is 17.2 Å². The molecular weight excluding hydrogens is 344 g/mol. The van der Waals surface area contributed by atoms with Gasteiger partial charge in [0.2, 0.25) is 0 Å². The average Bonchev–Trinajstić information content (AvgIpc) is 2.71. The van der Waals surface area contributed by atoms with E-state index in [9.17, 15) is 5.11 Å². The molecule has 0 aliphatic carbocycles. The Labute approximate surface area is 159 Å². The monoisotopic (exact) mass is 368 g/mol. The lowest BCUT2D eigenvalue weighted by Crippen LogP contribution is -2.22. The van der Waals surface area contributed by atoms with Crippen molar-refractivity contribution in [2.75, 3.05) is 33.5 Å². The third kappa shape index (κ3) is 5.36. The Morgan fingerprint density at radius 1 is 0.704 bits per heavy atom. The fourth-order valence-electron chi connectivity index (χ4n) is 2.75. The van der Waals surface area contributed by atoms with E-state index in [1.165, 1.54) is 0 Å². The topological polar surface area (TPSA) is 57.2 Å². The highest BCUT2D eigenvalue weighted by Crippen LogP contribution is 2.33. The molecule has 0 heterocycles. The molecule has 1 unspecified atom stereocenters. The summed E-state index contributed by atoms with van der Waals surface area (Å²) in [5.74, 6) is 2.30. The maximum Gasteiger partial charge on any atom is 0.127 e. The molecule has 5 heteroatoms. The molecule has 3 rings (SSSR count). The maximum absolute atomic E-state index is 9.79. The molecule has 0 amide bonds. The second-order valence-corrected chi connectivity index (χ2v) is 6.04. The van der Waals surface area contributed by atoms with E-state index in [4.69, 9.17) is 18.9 Å². The van der Waals surface area contributed by atoms with Crippen LogP contribution < -0.4 is 14.2 Å². The Balaban J connectivity index is 1.63. The molecule has 0 saturated carbocycles. The van der Waals surface area contributed by atoms with Crippen molar-refractivity contribution < 1.29 is 24.1 Å². The SMILES string of the molecule is COCC(O)COc1ccc(OCCOc2ccccc2)c2ccccc12. The van der Waals surface area contributed by atoms with Crippen molar-refractivity contribution in [3.05, 3.63) is 66.7 Å². The summed E-state index contributed by atoms with van der Waals surface area (Å²) in [6.45, 7) is 1.30. The largest absolute Gasteiger partial charge is 0.490 e. The summed E-state index contributed by atoms with van der Waals surface area (Å²) in [5, 5.41) is 11.7. The van der Waals surface area contributed by atoms with Gasteiger partial charge in [0.1, 0.15) is 43.2 Å². The van der Waals surface area contributed by atoms with Crippen LogP contribution in [0.3, 0.4) is 0 Å². The summed E-state index contributed by atoms with van der Waals surface area (Å²) >= 11 is 0. The lowest BCUT2D eigenvalue weighted by Gasteiger charge is -2.15. The summed E-state index contributed by atoms with van der Waals surface area (Å²) < 4.78 is 22.3. The minimum Gasteiger partial charge on any atom is -0.490 e. The molecule has 3 aromatic carbocycles. The normalized spacial score (nSPS) is 11.9. The number of methoxy groups -OCH3 is 1. The zero-order valence-electron chi connectivity index (χ0n) is 15.3. The number of aliphatic hydroxyl groups excluding tert-OH is 1. The van der Waals surface area contributed by atoms with Gasteiger partial charge in [-0.25, -0.2) is 0 Å². The van der Waals surface area contributed by atoms with Crippen LogP contribution in [-0.2, 0) is 4.74 Å². The molecule has 0 aliphatic heterocycles. The number of rotatable bonds is 10. The molecule has 0 bridgehead atoms. The van der Waals surface area contributed by atoms with Gasteiger partial charge in [-0.15, -0.1) is 0 Å². The second kappa shape index (κ2) is 9.80. The number of ether oxygens (including phenoxy) is 4. The highest BCUT2D eigenvalue weighted by molar-refractivity contribution is 5.93. The van der Waals surface area contributed by atoms with Gasteiger partial charge in [0.15, 0.2) is 0 Å². The van der Waals surface area contributed by atoms with Crippen LogP contribution in [0.2, 0.25) is 0 Å². The molecule has 5 nitrogen and oxygen atoms in total. The molecule has 3 aromatic rings. The molecule has 1 N–H and O–H groups in total. The van der Waals surface area contributed by atoms with Crippen molar-refractivity contribution in [3.63, 3.8) is 0 Å². The predicted molar refractivity (Wildman–Crippen MR) is 105 cm³/mol. The molecule has 0 fully saturated rings. The number of fused-ring (bicyclic) bond motifs is 1. The molecule has 0 radical (unpaired) electrons. The zero-order valence-corrected chi connectivity index (χ0v) is 15.3. The lowest BCUT2D eigenvalue weighted by atomic mass is 10.1. The first-order valence-corrected chi connectivity index (χ1v) is 8.90. The van der Waals surface area contributed by atoms with Gasteiger partial charge in [0.05, 0.1) is 6.61 Å². The van der Waals surface area contributed by atoms with Crippen molar-refractivity contribution in [1.29, 1.82) is 0 Å². The van der Waals surface area contributed by atoms with Gasteiger partial charge in [0.25, 0.3) is 0 Å². The van der Waals surface area contributed by atoms with E-state index in [0.717, 1.165) is 22.3 Å². The van der Waals surface area contributed by atoms with Gasteiger partial charge in [-0.1, -0.05) is 42.5 Å². The minimum atomic E-state index is -0.667. The van der Waals surface area contributed by atoms with Crippen LogP contribution >= 0.6 is 0 Å². The van der Waals surface area contributed by atoms with E-state index in [2.05, 4.69) is 0 Å². The standard InChI is InChI=1S/C22H24O5/c1-24-15-17(23)16-27-22-12-11-21(19-9-5-6-10-20(19)22)26-14-13-25-18-7-3-2-4-8-18/h2-12,17,23H,13-16H2,1H3.